The number of H-pyrrole nitrogens is 1. The van der Waals surface area contributed by atoms with Gasteiger partial charge in [0, 0.05) is 6.07 Å². The molecule has 22 heavy (non-hydrogen) atoms. The molecule has 3 rings (SSSR count). The Hall–Kier alpha value is -2.89. The van der Waals surface area contributed by atoms with Crippen LogP contribution in [0.1, 0.15) is 21.7 Å². The van der Waals surface area contributed by atoms with E-state index in [0.717, 1.165) is 22.7 Å². The summed E-state index contributed by atoms with van der Waals surface area (Å²) in [6, 6.07) is 9.19. The van der Waals surface area contributed by atoms with Crippen molar-refractivity contribution >= 4 is 16.9 Å². The quantitative estimate of drug-likeness (QED) is 0.695. The minimum Gasteiger partial charge on any atom is -0.508 e. The van der Waals surface area contributed by atoms with E-state index in [4.69, 9.17) is 5.11 Å². The molecule has 3 aromatic rings. The molecule has 0 saturated heterocycles. The molecule has 112 valence electrons. The van der Waals surface area contributed by atoms with Gasteiger partial charge in [-0.3, -0.25) is 4.79 Å². The van der Waals surface area contributed by atoms with Crippen LogP contribution in [0.4, 0.5) is 4.39 Å². The largest absolute Gasteiger partial charge is 0.508 e. The second kappa shape index (κ2) is 5.48. The van der Waals surface area contributed by atoms with Crippen LogP contribution in [0.2, 0.25) is 0 Å². The summed E-state index contributed by atoms with van der Waals surface area (Å²) in [7, 11) is 0. The lowest BCUT2D eigenvalue weighted by atomic mass is 10.2. The average Bonchev–Trinajstić information content (AvgIpc) is 2.89. The first kappa shape index (κ1) is 14.1. The predicted molar refractivity (Wildman–Crippen MR) is 80.1 cm³/mol. The number of imidazole rings is 1. The van der Waals surface area contributed by atoms with Crippen molar-refractivity contribution in [2.75, 3.05) is 0 Å². The van der Waals surface area contributed by atoms with Gasteiger partial charge in [-0.2, -0.15) is 0 Å². The second-order valence-electron chi connectivity index (χ2n) is 5.00. The van der Waals surface area contributed by atoms with Crippen LogP contribution >= 0.6 is 0 Å². The van der Waals surface area contributed by atoms with Gasteiger partial charge in [0.2, 0.25) is 0 Å². The van der Waals surface area contributed by atoms with Crippen LogP contribution in [0, 0.1) is 12.7 Å². The summed E-state index contributed by atoms with van der Waals surface area (Å²) in [5, 5.41) is 11.7. The molecule has 0 fully saturated rings. The van der Waals surface area contributed by atoms with Crippen LogP contribution in [0.15, 0.2) is 36.4 Å². The maximum Gasteiger partial charge on any atom is 0.254 e. The highest BCUT2D eigenvalue weighted by atomic mass is 19.1. The van der Waals surface area contributed by atoms with Crippen molar-refractivity contribution in [1.29, 1.82) is 0 Å². The van der Waals surface area contributed by atoms with Crippen LogP contribution in [0.25, 0.3) is 11.0 Å². The third-order valence-electron chi connectivity index (χ3n) is 3.38. The first-order valence-corrected chi connectivity index (χ1v) is 6.75. The van der Waals surface area contributed by atoms with Crippen molar-refractivity contribution in [2.24, 2.45) is 0 Å². The van der Waals surface area contributed by atoms with Gasteiger partial charge in [-0.25, -0.2) is 9.37 Å². The number of nitrogens with zero attached hydrogens (tertiary/aromatic N) is 1. The van der Waals surface area contributed by atoms with E-state index in [9.17, 15) is 9.18 Å². The fourth-order valence-corrected chi connectivity index (χ4v) is 2.26. The maximum absolute atomic E-state index is 13.6. The zero-order chi connectivity index (χ0) is 15.7. The number of aromatic nitrogens is 2. The molecule has 1 heterocycles. The van der Waals surface area contributed by atoms with E-state index in [1.165, 1.54) is 12.1 Å². The zero-order valence-corrected chi connectivity index (χ0v) is 11.9. The molecular weight excluding hydrogens is 285 g/mol. The van der Waals surface area contributed by atoms with Gasteiger partial charge in [-0.1, -0.05) is 12.1 Å². The molecule has 2 aromatic carbocycles. The predicted octanol–water partition coefficient (Wildman–Crippen LogP) is 2.65. The number of phenols is 1. The Morgan fingerprint density at radius 2 is 2.18 bits per heavy atom. The third kappa shape index (κ3) is 2.63. The number of amides is 1. The number of nitrogens with one attached hydrogen (secondary N) is 2. The molecule has 5 nitrogen and oxygen atoms in total. The zero-order valence-electron chi connectivity index (χ0n) is 11.9. The highest BCUT2D eigenvalue weighted by molar-refractivity contribution is 5.94. The lowest BCUT2D eigenvalue weighted by Gasteiger charge is -2.04. The first-order chi connectivity index (χ1) is 10.5. The number of benzene rings is 2. The summed E-state index contributed by atoms with van der Waals surface area (Å²) in [6.45, 7) is 2.12. The Labute approximate surface area is 125 Å². The minimum atomic E-state index is -0.766. The Morgan fingerprint density at radius 3 is 2.91 bits per heavy atom. The fraction of sp³-hybridized carbons (Fsp3) is 0.125. The molecule has 0 aliphatic rings. The summed E-state index contributed by atoms with van der Waals surface area (Å²) < 4.78 is 13.6. The van der Waals surface area contributed by atoms with Gasteiger partial charge >= 0.3 is 0 Å². The standard InChI is InChI=1S/C16H14FN3O2/c1-9-3-2-4-13-15(9)20-14(19-13)8-18-16(22)11-6-5-10(21)7-12(11)17/h2-7,21H,8H2,1H3,(H,18,22)(H,19,20). The summed E-state index contributed by atoms with van der Waals surface area (Å²) in [6.07, 6.45) is 0. The first-order valence-electron chi connectivity index (χ1n) is 6.75. The Balaban J connectivity index is 1.76. The Morgan fingerprint density at radius 1 is 1.36 bits per heavy atom. The van der Waals surface area contributed by atoms with Crippen LogP contribution in [-0.2, 0) is 6.54 Å². The van der Waals surface area contributed by atoms with Gasteiger partial charge in [0.15, 0.2) is 0 Å². The van der Waals surface area contributed by atoms with Crippen LogP contribution in [0.5, 0.6) is 5.75 Å². The topological polar surface area (TPSA) is 78.0 Å². The molecule has 3 N–H and O–H groups in total. The van der Waals surface area contributed by atoms with E-state index in [1.54, 1.807) is 0 Å². The van der Waals surface area contributed by atoms with Crippen molar-refractivity contribution in [3.63, 3.8) is 0 Å². The van der Waals surface area contributed by atoms with Gasteiger partial charge < -0.3 is 15.4 Å². The molecule has 0 spiro atoms. The number of halogens is 1. The smallest absolute Gasteiger partial charge is 0.254 e. The Kier molecular flexibility index (Phi) is 3.50. The maximum atomic E-state index is 13.6. The Bertz CT molecular complexity index is 858. The lowest BCUT2D eigenvalue weighted by molar-refractivity contribution is 0.0946. The van der Waals surface area contributed by atoms with Gasteiger partial charge in [0.1, 0.15) is 17.4 Å². The van der Waals surface area contributed by atoms with E-state index in [0.29, 0.717) is 5.82 Å². The summed E-state index contributed by atoms with van der Waals surface area (Å²) >= 11 is 0. The molecule has 1 aromatic heterocycles. The van der Waals surface area contributed by atoms with Gasteiger partial charge in [-0.15, -0.1) is 0 Å². The van der Waals surface area contributed by atoms with Gasteiger partial charge in [-0.05, 0) is 30.7 Å². The molecule has 1 amide bonds. The molecule has 0 aliphatic heterocycles. The normalized spacial score (nSPS) is 10.8. The number of carbonyl (C=O) groups is 1. The number of aryl methyl sites for hydroxylation is 1. The third-order valence-corrected chi connectivity index (χ3v) is 3.38. The number of hydrogen-bond donors (Lipinski definition) is 3. The summed E-state index contributed by atoms with van der Waals surface area (Å²) in [4.78, 5) is 19.5. The molecule has 0 unspecified atom stereocenters. The van der Waals surface area contributed by atoms with Crippen LogP contribution in [-0.4, -0.2) is 21.0 Å². The van der Waals surface area contributed by atoms with Crippen LogP contribution in [0.3, 0.4) is 0 Å². The van der Waals surface area contributed by atoms with Crippen LogP contribution < -0.4 is 5.32 Å². The summed E-state index contributed by atoms with van der Waals surface area (Å²) in [5.41, 5.74) is 2.66. The summed E-state index contributed by atoms with van der Waals surface area (Å²) in [5.74, 6) is -0.953. The van der Waals surface area contributed by atoms with E-state index in [-0.39, 0.29) is 17.9 Å². The van der Waals surface area contributed by atoms with E-state index in [1.807, 2.05) is 25.1 Å². The molecule has 0 bridgehead atoms. The second-order valence-corrected chi connectivity index (χ2v) is 5.00. The molecular formula is C16H14FN3O2. The number of aromatic amines is 1. The van der Waals surface area contributed by atoms with Crippen molar-refractivity contribution < 1.29 is 14.3 Å². The molecule has 6 heteroatoms. The lowest BCUT2D eigenvalue weighted by Crippen LogP contribution is -2.24. The van der Waals surface area contributed by atoms with Gasteiger partial charge in [0.05, 0.1) is 23.1 Å². The number of phenolic OH excluding ortho intramolecular Hbond substituents is 1. The van der Waals surface area contributed by atoms with Crippen molar-refractivity contribution in [3.8, 4) is 5.75 Å². The fourth-order valence-electron chi connectivity index (χ4n) is 2.26. The number of para-hydroxylation sites is 1. The average molecular weight is 299 g/mol. The highest BCUT2D eigenvalue weighted by Gasteiger charge is 2.13. The van der Waals surface area contributed by atoms with Crippen molar-refractivity contribution in [3.05, 3.63) is 59.2 Å². The van der Waals surface area contributed by atoms with E-state index in [2.05, 4.69) is 15.3 Å². The van der Waals surface area contributed by atoms with Gasteiger partial charge in [0.25, 0.3) is 5.91 Å². The van der Waals surface area contributed by atoms with Crippen molar-refractivity contribution in [1.82, 2.24) is 15.3 Å². The molecule has 0 aliphatic carbocycles. The van der Waals surface area contributed by atoms with Crippen molar-refractivity contribution in [2.45, 2.75) is 13.5 Å². The minimum absolute atomic E-state index is 0.120. The number of carbonyl (C=O) groups excluding carboxylic acids is 1. The monoisotopic (exact) mass is 299 g/mol. The molecule has 0 atom stereocenters. The highest BCUT2D eigenvalue weighted by Crippen LogP contribution is 2.16. The number of rotatable bonds is 3. The molecule has 0 saturated carbocycles. The number of fused-ring (bicyclic) bond motifs is 1. The molecule has 0 radical (unpaired) electrons. The SMILES string of the molecule is Cc1cccc2[nH]c(CNC(=O)c3ccc(O)cc3F)nc12. The van der Waals surface area contributed by atoms with E-state index >= 15 is 0 Å². The number of aromatic hydroxyl groups is 1. The van der Waals surface area contributed by atoms with E-state index < -0.39 is 11.7 Å². The number of hydrogen-bond acceptors (Lipinski definition) is 3.